The van der Waals surface area contributed by atoms with Crippen LogP contribution in [0.25, 0.3) is 27.7 Å². The number of ether oxygens (including phenoxy) is 3. The van der Waals surface area contributed by atoms with Crippen molar-refractivity contribution in [3.63, 3.8) is 0 Å². The van der Waals surface area contributed by atoms with Crippen molar-refractivity contribution < 1.29 is 51.4 Å². The van der Waals surface area contributed by atoms with Gasteiger partial charge in [0.2, 0.25) is 17.7 Å². The van der Waals surface area contributed by atoms with Gasteiger partial charge in [-0.25, -0.2) is 5.43 Å². The Morgan fingerprint density at radius 1 is 0.964 bits per heavy atom. The first-order valence-electron chi connectivity index (χ1n) is 30.3. The molecule has 3 aromatic rings. The van der Waals surface area contributed by atoms with Gasteiger partial charge < -0.3 is 38.8 Å². The Labute approximate surface area is 490 Å². The lowest BCUT2D eigenvalue weighted by molar-refractivity contribution is -0.197. The number of methoxy groups -OCH3 is 1. The molecule has 2 N–H and O–H groups in total. The third kappa shape index (κ3) is 12.9. The number of hydrazine groups is 1. The second-order valence-corrected chi connectivity index (χ2v) is 26.2. The number of fused-ring (bicyclic) bond motifs is 6. The number of anilines is 1. The summed E-state index contributed by atoms with van der Waals surface area (Å²) < 4.78 is 65.5. The van der Waals surface area contributed by atoms with Crippen LogP contribution in [0.15, 0.2) is 36.5 Å². The van der Waals surface area contributed by atoms with Crippen LogP contribution in [0, 0.1) is 11.3 Å². The van der Waals surface area contributed by atoms with Crippen molar-refractivity contribution >= 4 is 51.8 Å². The molecular weight excluding hydrogens is 1090 g/mol. The monoisotopic (exact) mass is 1170 g/mol. The number of hydrogen-bond donors (Lipinski definition) is 2. The van der Waals surface area contributed by atoms with E-state index in [1.165, 1.54) is 27.3 Å². The molecule has 1 aliphatic carbocycles. The molecule has 7 atom stereocenters. The van der Waals surface area contributed by atoms with E-state index < -0.39 is 53.9 Å². The fourth-order valence-electron chi connectivity index (χ4n) is 13.7. The van der Waals surface area contributed by atoms with E-state index in [-0.39, 0.29) is 61.7 Å². The summed E-state index contributed by atoms with van der Waals surface area (Å²) >= 11 is 0. The topological polar surface area (TPSA) is 181 Å². The summed E-state index contributed by atoms with van der Waals surface area (Å²) in [4.78, 5) is 89.3. The van der Waals surface area contributed by atoms with Crippen LogP contribution in [0.3, 0.4) is 0 Å². The predicted molar refractivity (Wildman–Crippen MR) is 310 cm³/mol. The molecule has 458 valence electrons. The maximum absolute atomic E-state index is 15.2. The highest BCUT2D eigenvalue weighted by molar-refractivity contribution is 5.96. The first kappa shape index (κ1) is 60.0. The second-order valence-electron chi connectivity index (χ2n) is 26.2. The summed E-state index contributed by atoms with van der Waals surface area (Å²) in [5.41, 5.74) is 6.83. The number of nitrogens with one attached hydrogen (secondary N) is 2. The zero-order chi connectivity index (χ0) is 59.6. The van der Waals surface area contributed by atoms with Crippen LogP contribution in [-0.4, -0.2) is 242 Å². The molecule has 1 aromatic carbocycles. The van der Waals surface area contributed by atoms with E-state index in [1.54, 1.807) is 32.2 Å². The van der Waals surface area contributed by atoms with Crippen LogP contribution >= 0.6 is 0 Å². The quantitative estimate of drug-likeness (QED) is 0.184. The van der Waals surface area contributed by atoms with Crippen molar-refractivity contribution in [2.75, 3.05) is 131 Å². The highest BCUT2D eigenvalue weighted by atomic mass is 19.4. The van der Waals surface area contributed by atoms with E-state index in [9.17, 15) is 14.4 Å². The highest BCUT2D eigenvalue weighted by Gasteiger charge is 2.55. The Hall–Kier alpha value is -5.69. The SMILES string of the molecule is CO[C@@H](C)c1ncc(N2CCN(C3CC3)CC2)cc1-c1c2c3cc(ccc3n1CC(F)(F)F)C1=CCCN(C1)C[C@H](NC(=O)C(C(C)C)N1CCOC3(CN(C(=O)[C@H]4CN4CC(=O)N(C)C)C3)C1)C(=O)N1CCC[C@H](N1)C(=O)OCC(C)(C)C2. The maximum Gasteiger partial charge on any atom is 0.406 e. The van der Waals surface area contributed by atoms with Crippen molar-refractivity contribution in [2.24, 2.45) is 11.3 Å². The van der Waals surface area contributed by atoms with Gasteiger partial charge in [-0.15, -0.1) is 0 Å². The Balaban J connectivity index is 0.902. The van der Waals surface area contributed by atoms with Crippen molar-refractivity contribution in [1.29, 1.82) is 0 Å². The summed E-state index contributed by atoms with van der Waals surface area (Å²) in [6.45, 7) is 15.7. The number of esters is 1. The molecule has 1 saturated carbocycles. The molecule has 4 amide bonds. The van der Waals surface area contributed by atoms with Crippen LogP contribution in [-0.2, 0) is 51.1 Å². The molecule has 2 aromatic heterocycles. The highest BCUT2D eigenvalue weighted by Crippen LogP contribution is 2.44. The summed E-state index contributed by atoms with van der Waals surface area (Å²) in [7, 11) is 4.96. The zero-order valence-electron chi connectivity index (χ0n) is 50.1. The number of rotatable bonds is 13. The summed E-state index contributed by atoms with van der Waals surface area (Å²) in [5, 5.41) is 5.30. The summed E-state index contributed by atoms with van der Waals surface area (Å²) in [6, 6.07) is 5.36. The van der Waals surface area contributed by atoms with Crippen LogP contribution < -0.4 is 15.6 Å². The zero-order valence-corrected chi connectivity index (χ0v) is 50.1. The van der Waals surface area contributed by atoms with E-state index in [0.29, 0.717) is 118 Å². The first-order chi connectivity index (χ1) is 40.0. The number of piperazine rings is 1. The molecule has 84 heavy (non-hydrogen) atoms. The number of halogens is 3. The van der Waals surface area contributed by atoms with Crippen molar-refractivity contribution in [3.05, 3.63) is 53.4 Å². The summed E-state index contributed by atoms with van der Waals surface area (Å²) in [5.74, 6) is -1.56. The minimum absolute atomic E-state index is 0.0366. The molecule has 11 rings (SSSR count). The van der Waals surface area contributed by atoms with Gasteiger partial charge in [0, 0.05) is 121 Å². The van der Waals surface area contributed by atoms with Gasteiger partial charge in [0.05, 0.1) is 68.3 Å². The average molecular weight is 1170 g/mol. The van der Waals surface area contributed by atoms with E-state index in [4.69, 9.17) is 19.2 Å². The average Bonchev–Trinajstić information content (AvgIpc) is 2.31. The van der Waals surface area contributed by atoms with Crippen molar-refractivity contribution in [1.82, 2.24) is 54.7 Å². The van der Waals surface area contributed by atoms with Crippen LogP contribution in [0.5, 0.6) is 0 Å². The Morgan fingerprint density at radius 3 is 2.43 bits per heavy atom. The molecule has 9 heterocycles. The molecular formula is C61H85F3N12O8. The molecule has 7 aliphatic heterocycles. The Bertz CT molecular complexity index is 3020. The normalized spacial score (nSPS) is 26.7. The number of amides is 4. The van der Waals surface area contributed by atoms with Gasteiger partial charge in [-0.2, -0.15) is 13.2 Å². The summed E-state index contributed by atoms with van der Waals surface area (Å²) in [6.07, 6.45) is 2.95. The molecule has 20 nitrogen and oxygen atoms in total. The third-order valence-corrected chi connectivity index (χ3v) is 18.5. The number of likely N-dealkylation sites (tertiary alicyclic amines) is 1. The van der Waals surface area contributed by atoms with Crippen molar-refractivity contribution in [2.45, 2.75) is 128 Å². The van der Waals surface area contributed by atoms with Gasteiger partial charge in [-0.3, -0.25) is 53.6 Å². The standard InChI is InChI=1S/C61H85F3N12O8/c1-38(2)53(72-23-24-84-60(33-72)34-74(35-60)57(80)50-31-73(50)32-51(77)68(6)7)55(78)66-48-30-69-17-9-11-41(29-69)40-13-16-49-44(25-40)46(27-59(4,5)37-83-58(81)47-12-10-18-76(67-47)56(48)79)54(75(49)36-61(62,63)64)45-26-43(28-65-52(45)39(3)82-8)71-21-19-70(20-22-71)42-14-15-42/h11,13,16,25-26,28,38-39,42,47-48,50,53,67H,9-10,12,14-15,17-24,27,29-37H2,1-8H3,(H,66,78)/t39-,47-,48-,50+,53?,73?/m0/s1. The van der Waals surface area contributed by atoms with E-state index in [2.05, 4.69) is 36.4 Å². The number of aromatic nitrogens is 2. The number of pyridine rings is 1. The fourth-order valence-corrected chi connectivity index (χ4v) is 13.7. The van der Waals surface area contributed by atoms with Crippen LogP contribution in [0.1, 0.15) is 89.6 Å². The number of carbonyl (C=O) groups is 5. The number of hydrogen-bond acceptors (Lipinski definition) is 15. The molecule has 6 fully saturated rings. The second kappa shape index (κ2) is 23.9. The van der Waals surface area contributed by atoms with Crippen molar-refractivity contribution in [3.8, 4) is 11.3 Å². The fraction of sp³-hybridized carbons (Fsp3) is 0.672. The number of likely N-dealkylation sites (N-methyl/N-ethyl adjacent to an activating group) is 1. The Morgan fingerprint density at radius 2 is 1.73 bits per heavy atom. The Kier molecular flexibility index (Phi) is 17.1. The lowest BCUT2D eigenvalue weighted by atomic mass is 9.84. The maximum atomic E-state index is 15.2. The lowest BCUT2D eigenvalue weighted by Crippen LogP contribution is -2.73. The number of carbonyl (C=O) groups excluding carboxylic acids is 5. The van der Waals surface area contributed by atoms with Gasteiger partial charge in [0.1, 0.15) is 30.3 Å². The van der Waals surface area contributed by atoms with E-state index in [0.717, 1.165) is 43.0 Å². The first-order valence-corrected chi connectivity index (χ1v) is 30.3. The number of morpholine rings is 1. The van der Waals surface area contributed by atoms with E-state index >= 15 is 22.8 Å². The number of alkyl halides is 3. The number of cyclic esters (lactones) is 1. The lowest BCUT2D eigenvalue weighted by Gasteiger charge is -2.55. The molecule has 8 aliphatic rings. The van der Waals surface area contributed by atoms with Gasteiger partial charge in [-0.1, -0.05) is 39.8 Å². The van der Waals surface area contributed by atoms with Crippen LogP contribution in [0.2, 0.25) is 0 Å². The number of nitrogens with zero attached hydrogens (tertiary/aromatic N) is 10. The number of benzene rings is 1. The predicted octanol–water partition coefficient (Wildman–Crippen LogP) is 4.16. The van der Waals surface area contributed by atoms with Crippen LogP contribution in [0.4, 0.5) is 18.9 Å². The molecule has 3 unspecified atom stereocenters. The van der Waals surface area contributed by atoms with E-state index in [1.807, 2.05) is 63.9 Å². The molecule has 1 spiro atoms. The van der Waals surface area contributed by atoms with Gasteiger partial charge in [-0.05, 0) is 86.3 Å². The van der Waals surface area contributed by atoms with Gasteiger partial charge in [0.15, 0.2) is 0 Å². The minimum Gasteiger partial charge on any atom is -0.464 e. The molecule has 0 radical (unpaired) electrons. The van der Waals surface area contributed by atoms with Gasteiger partial charge >= 0.3 is 12.1 Å². The molecule has 6 bridgehead atoms. The minimum atomic E-state index is -4.60. The molecule has 5 saturated heterocycles. The van der Waals surface area contributed by atoms with Gasteiger partial charge in [0.25, 0.3) is 5.91 Å². The largest absolute Gasteiger partial charge is 0.464 e. The third-order valence-electron chi connectivity index (χ3n) is 18.5. The smallest absolute Gasteiger partial charge is 0.406 e. The molecule has 23 heteroatoms.